The number of benzene rings is 3. The number of aryl methyl sites for hydroxylation is 1. The van der Waals surface area contributed by atoms with E-state index in [1.165, 1.54) is 0 Å². The lowest BCUT2D eigenvalue weighted by Crippen LogP contribution is -2.22. The van der Waals surface area contributed by atoms with E-state index in [2.05, 4.69) is 21.2 Å². The van der Waals surface area contributed by atoms with Gasteiger partial charge < -0.3 is 14.5 Å². The third-order valence-electron chi connectivity index (χ3n) is 4.64. The number of hydrogen-bond donors (Lipinski definition) is 1. The quantitative estimate of drug-likeness (QED) is 0.356. The second-order valence-corrected chi connectivity index (χ2v) is 8.22. The Labute approximate surface area is 191 Å². The molecule has 3 aromatic carbocycles. The lowest BCUT2D eigenvalue weighted by atomic mass is 10.1. The van der Waals surface area contributed by atoms with E-state index < -0.39 is 11.3 Å². The predicted molar refractivity (Wildman–Crippen MR) is 126 cm³/mol. The van der Waals surface area contributed by atoms with Gasteiger partial charge in [-0.2, -0.15) is 0 Å². The van der Waals surface area contributed by atoms with Crippen LogP contribution in [0.1, 0.15) is 5.56 Å². The van der Waals surface area contributed by atoms with Crippen molar-refractivity contribution >= 4 is 50.1 Å². The SMILES string of the molecule is Cc1cc2oc(-c3ccccc3)c(OCC(=O)Nc3ccc(Br)cc3)c(=O)c2cc1Cl. The number of nitrogens with one attached hydrogen (secondary N) is 1. The van der Waals surface area contributed by atoms with Crippen LogP contribution in [0, 0.1) is 6.92 Å². The van der Waals surface area contributed by atoms with E-state index in [-0.39, 0.29) is 18.1 Å². The van der Waals surface area contributed by atoms with Gasteiger partial charge in [0, 0.05) is 20.7 Å². The molecule has 7 heteroatoms. The zero-order valence-electron chi connectivity index (χ0n) is 16.4. The van der Waals surface area contributed by atoms with Gasteiger partial charge in [-0.15, -0.1) is 0 Å². The van der Waals surface area contributed by atoms with Crippen molar-refractivity contribution in [3.63, 3.8) is 0 Å². The Morgan fingerprint density at radius 3 is 2.52 bits per heavy atom. The molecule has 0 spiro atoms. The molecule has 0 saturated carbocycles. The van der Waals surface area contributed by atoms with Crippen LogP contribution in [0.5, 0.6) is 5.75 Å². The summed E-state index contributed by atoms with van der Waals surface area (Å²) in [7, 11) is 0. The number of carbonyl (C=O) groups is 1. The molecule has 1 aromatic heterocycles. The van der Waals surface area contributed by atoms with Gasteiger partial charge in [-0.1, -0.05) is 57.9 Å². The molecule has 4 aromatic rings. The minimum absolute atomic E-state index is 0.0374. The second-order valence-electron chi connectivity index (χ2n) is 6.90. The van der Waals surface area contributed by atoms with E-state index in [0.29, 0.717) is 27.2 Å². The van der Waals surface area contributed by atoms with Crippen molar-refractivity contribution in [1.29, 1.82) is 0 Å². The summed E-state index contributed by atoms with van der Waals surface area (Å²) in [6, 6.07) is 19.5. The van der Waals surface area contributed by atoms with Crippen LogP contribution >= 0.6 is 27.5 Å². The standard InChI is InChI=1S/C24H17BrClNO4/c1-14-11-20-18(12-19(14)26)22(29)24(23(31-20)15-5-3-2-4-6-15)30-13-21(28)27-17-9-7-16(25)8-10-17/h2-12H,13H2,1H3,(H,27,28). The average molecular weight is 499 g/mol. The molecule has 0 unspecified atom stereocenters. The van der Waals surface area contributed by atoms with Crippen molar-refractivity contribution < 1.29 is 13.9 Å². The Hall–Kier alpha value is -3.09. The fourth-order valence-electron chi connectivity index (χ4n) is 3.08. The second kappa shape index (κ2) is 8.96. The van der Waals surface area contributed by atoms with Gasteiger partial charge in [-0.05, 0) is 48.9 Å². The minimum Gasteiger partial charge on any atom is -0.476 e. The molecule has 0 aliphatic carbocycles. The molecular weight excluding hydrogens is 482 g/mol. The Morgan fingerprint density at radius 1 is 1.10 bits per heavy atom. The molecule has 5 nitrogen and oxygen atoms in total. The van der Waals surface area contributed by atoms with Crippen LogP contribution in [-0.2, 0) is 4.79 Å². The molecule has 0 fully saturated rings. The topological polar surface area (TPSA) is 68.5 Å². The number of amides is 1. The van der Waals surface area contributed by atoms with E-state index in [1.807, 2.05) is 49.4 Å². The molecule has 0 saturated heterocycles. The van der Waals surface area contributed by atoms with Gasteiger partial charge in [-0.25, -0.2) is 0 Å². The number of carbonyl (C=O) groups excluding carboxylic acids is 1. The van der Waals surface area contributed by atoms with Crippen molar-refractivity contribution in [2.45, 2.75) is 6.92 Å². The van der Waals surface area contributed by atoms with E-state index in [0.717, 1.165) is 10.0 Å². The summed E-state index contributed by atoms with van der Waals surface area (Å²) in [5, 5.41) is 3.47. The van der Waals surface area contributed by atoms with Crippen LogP contribution in [-0.4, -0.2) is 12.5 Å². The maximum Gasteiger partial charge on any atom is 0.262 e. The summed E-state index contributed by atoms with van der Waals surface area (Å²) in [6.45, 7) is 1.48. The highest BCUT2D eigenvalue weighted by atomic mass is 79.9. The van der Waals surface area contributed by atoms with Crippen molar-refractivity contribution in [3.05, 3.63) is 92.0 Å². The molecule has 0 radical (unpaired) electrons. The summed E-state index contributed by atoms with van der Waals surface area (Å²) < 4.78 is 12.6. The van der Waals surface area contributed by atoms with Crippen LogP contribution < -0.4 is 15.5 Å². The van der Waals surface area contributed by atoms with Crippen LogP contribution in [0.25, 0.3) is 22.3 Å². The molecule has 31 heavy (non-hydrogen) atoms. The Balaban J connectivity index is 1.70. The summed E-state index contributed by atoms with van der Waals surface area (Å²) in [5.41, 5.74) is 2.08. The fourth-order valence-corrected chi connectivity index (χ4v) is 3.51. The van der Waals surface area contributed by atoms with E-state index in [9.17, 15) is 9.59 Å². The van der Waals surface area contributed by atoms with E-state index >= 15 is 0 Å². The first-order valence-corrected chi connectivity index (χ1v) is 10.6. The van der Waals surface area contributed by atoms with Crippen molar-refractivity contribution in [1.82, 2.24) is 0 Å². The fraction of sp³-hybridized carbons (Fsp3) is 0.0833. The molecule has 156 valence electrons. The third-order valence-corrected chi connectivity index (χ3v) is 5.58. The summed E-state index contributed by atoms with van der Waals surface area (Å²) in [5.74, 6) is -0.177. The summed E-state index contributed by atoms with van der Waals surface area (Å²) in [4.78, 5) is 25.6. The first-order chi connectivity index (χ1) is 14.9. The van der Waals surface area contributed by atoms with Crippen LogP contribution in [0.2, 0.25) is 5.02 Å². The number of fused-ring (bicyclic) bond motifs is 1. The highest BCUT2D eigenvalue weighted by Crippen LogP contribution is 2.32. The third kappa shape index (κ3) is 4.65. The number of halogens is 2. The van der Waals surface area contributed by atoms with Crippen molar-refractivity contribution in [2.24, 2.45) is 0 Å². The Morgan fingerprint density at radius 2 is 1.81 bits per heavy atom. The largest absolute Gasteiger partial charge is 0.476 e. The van der Waals surface area contributed by atoms with Crippen molar-refractivity contribution in [2.75, 3.05) is 11.9 Å². The van der Waals surface area contributed by atoms with Crippen molar-refractivity contribution in [3.8, 4) is 17.1 Å². The molecule has 1 amide bonds. The molecular formula is C24H17BrClNO4. The molecule has 1 N–H and O–H groups in total. The Bertz CT molecular complexity index is 1320. The van der Waals surface area contributed by atoms with Gasteiger partial charge >= 0.3 is 0 Å². The number of ether oxygens (including phenoxy) is 1. The maximum atomic E-state index is 13.2. The molecule has 0 aliphatic rings. The minimum atomic E-state index is -0.400. The smallest absolute Gasteiger partial charge is 0.262 e. The molecule has 1 heterocycles. The van der Waals surface area contributed by atoms with E-state index in [4.69, 9.17) is 20.8 Å². The number of rotatable bonds is 5. The van der Waals surface area contributed by atoms with Crippen LogP contribution in [0.15, 0.2) is 80.4 Å². The molecule has 4 rings (SSSR count). The number of hydrogen-bond acceptors (Lipinski definition) is 4. The molecule has 0 aliphatic heterocycles. The van der Waals surface area contributed by atoms with Gasteiger partial charge in [0.25, 0.3) is 5.91 Å². The van der Waals surface area contributed by atoms with E-state index in [1.54, 1.807) is 24.3 Å². The first kappa shape index (κ1) is 21.2. The highest BCUT2D eigenvalue weighted by molar-refractivity contribution is 9.10. The predicted octanol–water partition coefficient (Wildman–Crippen LogP) is 6.20. The van der Waals surface area contributed by atoms with Crippen LogP contribution in [0.3, 0.4) is 0 Å². The monoisotopic (exact) mass is 497 g/mol. The summed E-state index contributed by atoms with van der Waals surface area (Å²) in [6.07, 6.45) is 0. The molecule has 0 bridgehead atoms. The first-order valence-electron chi connectivity index (χ1n) is 9.43. The zero-order valence-corrected chi connectivity index (χ0v) is 18.8. The maximum absolute atomic E-state index is 13.2. The normalized spacial score (nSPS) is 10.8. The zero-order chi connectivity index (χ0) is 22.0. The van der Waals surface area contributed by atoms with Gasteiger partial charge in [0.05, 0.1) is 5.39 Å². The highest BCUT2D eigenvalue weighted by Gasteiger charge is 2.19. The van der Waals surface area contributed by atoms with Gasteiger partial charge in [0.2, 0.25) is 11.2 Å². The average Bonchev–Trinajstić information content (AvgIpc) is 2.76. The van der Waals surface area contributed by atoms with Gasteiger partial charge in [0.15, 0.2) is 12.4 Å². The molecule has 0 atom stereocenters. The Kier molecular flexibility index (Phi) is 6.11. The van der Waals surface area contributed by atoms with Gasteiger partial charge in [0.1, 0.15) is 5.58 Å². The number of anilines is 1. The van der Waals surface area contributed by atoms with Gasteiger partial charge in [-0.3, -0.25) is 9.59 Å². The lowest BCUT2D eigenvalue weighted by Gasteiger charge is -2.12. The van der Waals surface area contributed by atoms with Crippen LogP contribution in [0.4, 0.5) is 5.69 Å². The summed E-state index contributed by atoms with van der Waals surface area (Å²) >= 11 is 9.56. The lowest BCUT2D eigenvalue weighted by molar-refractivity contribution is -0.118.